The van der Waals surface area contributed by atoms with Crippen molar-refractivity contribution >= 4 is 11.6 Å². The van der Waals surface area contributed by atoms with Gasteiger partial charge in [0.05, 0.1) is 12.8 Å². The lowest BCUT2D eigenvalue weighted by Gasteiger charge is -2.14. The molecule has 3 rings (SSSR count). The number of aromatic nitrogens is 2. The van der Waals surface area contributed by atoms with Crippen LogP contribution in [0.15, 0.2) is 60.8 Å². The Morgan fingerprint density at radius 3 is 2.64 bits per heavy atom. The molecule has 6 nitrogen and oxygen atoms in total. The van der Waals surface area contributed by atoms with E-state index in [9.17, 15) is 4.79 Å². The van der Waals surface area contributed by atoms with E-state index in [-0.39, 0.29) is 5.91 Å². The zero-order valence-electron chi connectivity index (χ0n) is 14.1. The first-order chi connectivity index (χ1) is 12.2. The van der Waals surface area contributed by atoms with Gasteiger partial charge in [0, 0.05) is 19.3 Å². The molecule has 0 saturated carbocycles. The van der Waals surface area contributed by atoms with Crippen molar-refractivity contribution in [3.63, 3.8) is 0 Å². The number of methoxy groups -OCH3 is 1. The van der Waals surface area contributed by atoms with E-state index < -0.39 is 0 Å². The monoisotopic (exact) mass is 337 g/mol. The van der Waals surface area contributed by atoms with Crippen LogP contribution in [0.2, 0.25) is 0 Å². The molecule has 1 heterocycles. The highest BCUT2D eigenvalue weighted by molar-refractivity contribution is 6.03. The molecular weight excluding hydrogens is 318 g/mol. The third-order valence-corrected chi connectivity index (χ3v) is 3.73. The predicted molar refractivity (Wildman–Crippen MR) is 94.9 cm³/mol. The number of anilines is 1. The molecule has 128 valence electrons. The van der Waals surface area contributed by atoms with Crippen molar-refractivity contribution in [3.8, 4) is 11.5 Å². The summed E-state index contributed by atoms with van der Waals surface area (Å²) in [6, 6.07) is 16.8. The zero-order valence-corrected chi connectivity index (χ0v) is 14.1. The third-order valence-electron chi connectivity index (χ3n) is 3.73. The number of hydrogen-bond acceptors (Lipinski definition) is 4. The third kappa shape index (κ3) is 3.98. The van der Waals surface area contributed by atoms with Crippen molar-refractivity contribution in [1.82, 2.24) is 9.78 Å². The molecule has 1 aromatic heterocycles. The average molecular weight is 337 g/mol. The van der Waals surface area contributed by atoms with Crippen molar-refractivity contribution in [2.45, 2.75) is 6.61 Å². The molecule has 2 aromatic carbocycles. The minimum Gasteiger partial charge on any atom is -0.497 e. The van der Waals surface area contributed by atoms with Crippen molar-refractivity contribution in [1.29, 1.82) is 0 Å². The molecule has 25 heavy (non-hydrogen) atoms. The second-order valence-electron chi connectivity index (χ2n) is 5.43. The highest BCUT2D eigenvalue weighted by Gasteiger charge is 2.14. The van der Waals surface area contributed by atoms with Gasteiger partial charge in [-0.2, -0.15) is 5.10 Å². The zero-order chi connectivity index (χ0) is 17.6. The van der Waals surface area contributed by atoms with Gasteiger partial charge in [-0.25, -0.2) is 0 Å². The van der Waals surface area contributed by atoms with E-state index in [1.165, 1.54) is 4.68 Å². The summed E-state index contributed by atoms with van der Waals surface area (Å²) in [7, 11) is 3.31. The number of nitrogens with zero attached hydrogens (tertiary/aromatic N) is 2. The maximum Gasteiger partial charge on any atom is 0.274 e. The summed E-state index contributed by atoms with van der Waals surface area (Å²) in [6.07, 6.45) is 1.58. The topological polar surface area (TPSA) is 65.4 Å². The fourth-order valence-corrected chi connectivity index (χ4v) is 2.37. The Kier molecular flexibility index (Phi) is 4.99. The molecular formula is C19H19N3O3. The van der Waals surface area contributed by atoms with E-state index in [0.717, 1.165) is 5.56 Å². The van der Waals surface area contributed by atoms with Gasteiger partial charge in [0.2, 0.25) is 0 Å². The number of benzene rings is 2. The van der Waals surface area contributed by atoms with Crippen molar-refractivity contribution in [3.05, 3.63) is 72.1 Å². The number of carbonyl (C=O) groups is 1. The summed E-state index contributed by atoms with van der Waals surface area (Å²) in [5.74, 6) is 0.940. The predicted octanol–water partition coefficient (Wildman–Crippen LogP) is 3.26. The molecule has 0 radical (unpaired) electrons. The smallest absolute Gasteiger partial charge is 0.274 e. The second kappa shape index (κ2) is 7.53. The molecule has 0 aliphatic rings. The Morgan fingerprint density at radius 1 is 1.16 bits per heavy atom. The second-order valence-corrected chi connectivity index (χ2v) is 5.43. The highest BCUT2D eigenvalue weighted by atomic mass is 16.5. The Balaban J connectivity index is 1.80. The lowest BCUT2D eigenvalue weighted by atomic mass is 10.2. The molecule has 0 spiro atoms. The van der Waals surface area contributed by atoms with Gasteiger partial charge in [-0.3, -0.25) is 9.48 Å². The Bertz CT molecular complexity index is 859. The summed E-state index contributed by atoms with van der Waals surface area (Å²) in [6.45, 7) is 0.391. The standard InChI is InChI=1S/C19H19N3O3/c1-22-17(10-11-20-22)19(23)21-16-9-8-15(24-2)12-18(16)25-13-14-6-4-3-5-7-14/h3-12H,13H2,1-2H3,(H,21,23). The van der Waals surface area contributed by atoms with E-state index in [2.05, 4.69) is 10.4 Å². The maximum absolute atomic E-state index is 12.4. The normalized spacial score (nSPS) is 10.3. The summed E-state index contributed by atoms with van der Waals surface area (Å²) >= 11 is 0. The van der Waals surface area contributed by atoms with Crippen LogP contribution in [0.5, 0.6) is 11.5 Å². The van der Waals surface area contributed by atoms with Crippen LogP contribution in [0.1, 0.15) is 16.1 Å². The summed E-state index contributed by atoms with van der Waals surface area (Å²) < 4.78 is 12.7. The molecule has 0 unspecified atom stereocenters. The molecule has 0 atom stereocenters. The number of hydrogen-bond donors (Lipinski definition) is 1. The summed E-state index contributed by atoms with van der Waals surface area (Å²) in [4.78, 5) is 12.4. The minimum absolute atomic E-state index is 0.255. The van der Waals surface area contributed by atoms with Crippen LogP contribution in [0.25, 0.3) is 0 Å². The van der Waals surface area contributed by atoms with Crippen molar-refractivity contribution in [2.24, 2.45) is 7.05 Å². The van der Waals surface area contributed by atoms with Gasteiger partial charge in [-0.15, -0.1) is 0 Å². The van der Waals surface area contributed by atoms with Gasteiger partial charge >= 0.3 is 0 Å². The number of nitrogens with one attached hydrogen (secondary N) is 1. The number of aryl methyl sites for hydroxylation is 1. The lowest BCUT2D eigenvalue weighted by Crippen LogP contribution is -2.16. The average Bonchev–Trinajstić information content (AvgIpc) is 3.08. The first-order valence-electron chi connectivity index (χ1n) is 7.81. The van der Waals surface area contributed by atoms with Gasteiger partial charge in [0.1, 0.15) is 23.8 Å². The van der Waals surface area contributed by atoms with Crippen molar-refractivity contribution in [2.75, 3.05) is 12.4 Å². The first kappa shape index (κ1) is 16.6. The lowest BCUT2D eigenvalue weighted by molar-refractivity contribution is 0.101. The Morgan fingerprint density at radius 2 is 1.96 bits per heavy atom. The molecule has 0 bridgehead atoms. The van der Waals surface area contributed by atoms with Gasteiger partial charge in [-0.05, 0) is 23.8 Å². The molecule has 0 aliphatic heterocycles. The Hall–Kier alpha value is -3.28. The molecule has 0 fully saturated rings. The first-order valence-corrected chi connectivity index (χ1v) is 7.81. The highest BCUT2D eigenvalue weighted by Crippen LogP contribution is 2.30. The van der Waals surface area contributed by atoms with Gasteiger partial charge in [0.25, 0.3) is 5.91 Å². The van der Waals surface area contributed by atoms with Crippen LogP contribution in [-0.4, -0.2) is 22.8 Å². The summed E-state index contributed by atoms with van der Waals surface area (Å²) in [5.41, 5.74) is 2.07. The fourth-order valence-electron chi connectivity index (χ4n) is 2.37. The molecule has 0 saturated heterocycles. The van der Waals surface area contributed by atoms with Crippen LogP contribution >= 0.6 is 0 Å². The molecule has 0 aliphatic carbocycles. The van der Waals surface area contributed by atoms with E-state index in [1.807, 2.05) is 30.3 Å². The maximum atomic E-state index is 12.4. The van der Waals surface area contributed by atoms with E-state index in [4.69, 9.17) is 9.47 Å². The molecule has 1 amide bonds. The van der Waals surface area contributed by atoms with E-state index in [0.29, 0.717) is 29.5 Å². The van der Waals surface area contributed by atoms with Crippen LogP contribution < -0.4 is 14.8 Å². The molecule has 6 heteroatoms. The van der Waals surface area contributed by atoms with Crippen molar-refractivity contribution < 1.29 is 14.3 Å². The van der Waals surface area contributed by atoms with E-state index >= 15 is 0 Å². The number of rotatable bonds is 6. The van der Waals surface area contributed by atoms with Gasteiger partial charge in [-0.1, -0.05) is 30.3 Å². The van der Waals surface area contributed by atoms with Crippen LogP contribution in [0.4, 0.5) is 5.69 Å². The quantitative estimate of drug-likeness (QED) is 0.750. The SMILES string of the molecule is COc1ccc(NC(=O)c2ccnn2C)c(OCc2ccccc2)c1. The van der Waals surface area contributed by atoms with E-state index in [1.54, 1.807) is 44.6 Å². The Labute approximate surface area is 146 Å². The number of carbonyl (C=O) groups excluding carboxylic acids is 1. The number of amides is 1. The number of ether oxygens (including phenoxy) is 2. The van der Waals surface area contributed by atoms with Gasteiger partial charge < -0.3 is 14.8 Å². The minimum atomic E-state index is -0.255. The fraction of sp³-hybridized carbons (Fsp3) is 0.158. The molecule has 1 N–H and O–H groups in total. The summed E-state index contributed by atoms with van der Waals surface area (Å²) in [5, 5.41) is 6.87. The molecule has 3 aromatic rings. The van der Waals surface area contributed by atoms with Crippen LogP contribution in [0, 0.1) is 0 Å². The van der Waals surface area contributed by atoms with Crippen LogP contribution in [-0.2, 0) is 13.7 Å². The van der Waals surface area contributed by atoms with Crippen LogP contribution in [0.3, 0.4) is 0 Å². The largest absolute Gasteiger partial charge is 0.497 e. The van der Waals surface area contributed by atoms with Gasteiger partial charge in [0.15, 0.2) is 0 Å².